The number of hydrogen-bond acceptors (Lipinski definition) is 1. The minimum absolute atomic E-state index is 0.291. The Morgan fingerprint density at radius 3 is 2.58 bits per heavy atom. The van der Waals surface area contributed by atoms with Crippen LogP contribution in [0.3, 0.4) is 0 Å². The first-order chi connectivity index (χ1) is 11.2. The molecule has 3 atom stereocenters. The van der Waals surface area contributed by atoms with Gasteiger partial charge in [0.05, 0.1) is 0 Å². The number of Topliss-reactive ketones (excluding diaryl/α,β-unsaturated/α-hetero) is 1. The molecule has 0 aliphatic heterocycles. The van der Waals surface area contributed by atoms with Crippen molar-refractivity contribution in [1.82, 2.24) is 0 Å². The summed E-state index contributed by atoms with van der Waals surface area (Å²) >= 11 is 0. The summed E-state index contributed by atoms with van der Waals surface area (Å²) in [5.74, 6) is 1.81. The van der Waals surface area contributed by atoms with Crippen LogP contribution in [0.4, 0.5) is 0 Å². The molecule has 136 valence electrons. The lowest BCUT2D eigenvalue weighted by molar-refractivity contribution is -0.116. The van der Waals surface area contributed by atoms with Crippen molar-refractivity contribution in [1.29, 1.82) is 0 Å². The summed E-state index contributed by atoms with van der Waals surface area (Å²) in [6.07, 6.45) is 13.0. The molecule has 2 aliphatic carbocycles. The fraction of sp³-hybridized carbons (Fsp3) is 0.783. The molecule has 1 nitrogen and oxygen atoms in total. The molecule has 0 aromatic rings. The van der Waals surface area contributed by atoms with E-state index in [1.165, 1.54) is 49.7 Å². The summed E-state index contributed by atoms with van der Waals surface area (Å²) in [7, 11) is 0. The van der Waals surface area contributed by atoms with Gasteiger partial charge in [-0.15, -0.1) is 0 Å². The zero-order valence-corrected chi connectivity index (χ0v) is 16.7. The van der Waals surface area contributed by atoms with E-state index in [0.717, 1.165) is 18.8 Å². The molecule has 24 heavy (non-hydrogen) atoms. The Balaban J connectivity index is 2.04. The average Bonchev–Trinajstić information content (AvgIpc) is 2.45. The molecule has 2 saturated carbocycles. The van der Waals surface area contributed by atoms with Crippen LogP contribution in [0.25, 0.3) is 0 Å². The Kier molecular flexibility index (Phi) is 6.15. The Hall–Kier alpha value is -0.850. The maximum absolute atomic E-state index is 11.1. The molecule has 0 aromatic heterocycles. The van der Waals surface area contributed by atoms with Gasteiger partial charge in [0.15, 0.2) is 0 Å². The van der Waals surface area contributed by atoms with Gasteiger partial charge in [0.25, 0.3) is 0 Å². The van der Waals surface area contributed by atoms with Gasteiger partial charge in [-0.3, -0.25) is 0 Å². The second-order valence-corrected chi connectivity index (χ2v) is 9.48. The van der Waals surface area contributed by atoms with Crippen LogP contribution >= 0.6 is 0 Å². The SMILES string of the molecule is C=C1CC[C@H]2C(C)(C)CCC[C@@]2(C)[C@@H]1CCC(C)=CCCC(C)=O. The average molecular weight is 331 g/mol. The van der Waals surface area contributed by atoms with E-state index in [2.05, 4.69) is 40.3 Å². The van der Waals surface area contributed by atoms with Crippen LogP contribution in [0, 0.1) is 22.7 Å². The quantitative estimate of drug-likeness (QED) is 0.485. The van der Waals surface area contributed by atoms with Crippen LogP contribution in [-0.4, -0.2) is 5.78 Å². The van der Waals surface area contributed by atoms with Gasteiger partial charge in [-0.25, -0.2) is 0 Å². The van der Waals surface area contributed by atoms with Crippen molar-refractivity contribution in [3.63, 3.8) is 0 Å². The molecule has 0 aromatic carbocycles. The molecular formula is C23H38O. The van der Waals surface area contributed by atoms with Gasteiger partial charge in [0.1, 0.15) is 5.78 Å². The Labute approximate surface area is 150 Å². The third-order valence-electron chi connectivity index (χ3n) is 7.14. The fourth-order valence-electron chi connectivity index (χ4n) is 5.80. The molecular weight excluding hydrogens is 292 g/mol. The molecule has 2 aliphatic rings. The van der Waals surface area contributed by atoms with Gasteiger partial charge < -0.3 is 4.79 Å². The number of ketones is 1. The van der Waals surface area contributed by atoms with Crippen molar-refractivity contribution >= 4 is 5.78 Å². The minimum Gasteiger partial charge on any atom is -0.300 e. The molecule has 2 rings (SSSR count). The van der Waals surface area contributed by atoms with Crippen LogP contribution in [0.5, 0.6) is 0 Å². The fourth-order valence-corrected chi connectivity index (χ4v) is 5.80. The van der Waals surface area contributed by atoms with E-state index in [9.17, 15) is 4.79 Å². The van der Waals surface area contributed by atoms with Crippen molar-refractivity contribution in [2.24, 2.45) is 22.7 Å². The lowest BCUT2D eigenvalue weighted by Crippen LogP contribution is -2.49. The maximum atomic E-state index is 11.1. The summed E-state index contributed by atoms with van der Waals surface area (Å²) < 4.78 is 0. The van der Waals surface area contributed by atoms with Gasteiger partial charge in [0.2, 0.25) is 0 Å². The molecule has 0 amide bonds. The number of carbonyl (C=O) groups excluding carboxylic acids is 1. The summed E-state index contributed by atoms with van der Waals surface area (Å²) in [5, 5.41) is 0. The Bertz CT molecular complexity index is 510. The number of carbonyl (C=O) groups is 1. The highest BCUT2D eigenvalue weighted by Crippen LogP contribution is 2.61. The standard InChI is InChI=1S/C23H38O/c1-17(9-7-10-19(3)24)11-13-20-18(2)12-14-21-22(4,5)15-8-16-23(20,21)6/h9,20-21H,2,7-8,10-16H2,1,3-6H3/t20-,21+,23+/m1/s1. The van der Waals surface area contributed by atoms with E-state index < -0.39 is 0 Å². The Morgan fingerprint density at radius 2 is 1.92 bits per heavy atom. The molecule has 0 N–H and O–H groups in total. The smallest absolute Gasteiger partial charge is 0.130 e. The van der Waals surface area contributed by atoms with Crippen LogP contribution in [-0.2, 0) is 4.79 Å². The van der Waals surface area contributed by atoms with E-state index in [-0.39, 0.29) is 0 Å². The zero-order valence-electron chi connectivity index (χ0n) is 16.7. The third-order valence-corrected chi connectivity index (χ3v) is 7.14. The molecule has 0 bridgehead atoms. The van der Waals surface area contributed by atoms with Gasteiger partial charge in [-0.1, -0.05) is 51.0 Å². The van der Waals surface area contributed by atoms with E-state index in [1.54, 1.807) is 6.92 Å². The molecule has 1 heteroatoms. The Morgan fingerprint density at radius 1 is 1.21 bits per heavy atom. The lowest BCUT2D eigenvalue weighted by Gasteiger charge is -2.58. The van der Waals surface area contributed by atoms with Crippen LogP contribution < -0.4 is 0 Å². The first kappa shape index (κ1) is 19.5. The van der Waals surface area contributed by atoms with Crippen LogP contribution in [0.15, 0.2) is 23.8 Å². The van der Waals surface area contributed by atoms with Gasteiger partial charge in [-0.05, 0) is 81.5 Å². The summed E-state index contributed by atoms with van der Waals surface area (Å²) in [6, 6.07) is 0. The number of rotatable bonds is 6. The second-order valence-electron chi connectivity index (χ2n) is 9.48. The van der Waals surface area contributed by atoms with Crippen molar-refractivity contribution in [3.05, 3.63) is 23.8 Å². The van der Waals surface area contributed by atoms with Crippen LogP contribution in [0.1, 0.15) is 92.4 Å². The van der Waals surface area contributed by atoms with Gasteiger partial charge in [-0.2, -0.15) is 0 Å². The van der Waals surface area contributed by atoms with E-state index in [0.29, 0.717) is 29.0 Å². The predicted octanol–water partition coefficient (Wildman–Crippen LogP) is 6.88. The first-order valence-electron chi connectivity index (χ1n) is 9.99. The summed E-state index contributed by atoms with van der Waals surface area (Å²) in [5.41, 5.74) is 3.88. The van der Waals surface area contributed by atoms with Crippen LogP contribution in [0.2, 0.25) is 0 Å². The van der Waals surface area contributed by atoms with Crippen molar-refractivity contribution in [2.75, 3.05) is 0 Å². The van der Waals surface area contributed by atoms with E-state index in [4.69, 9.17) is 0 Å². The highest BCUT2D eigenvalue weighted by atomic mass is 16.1. The number of hydrogen-bond donors (Lipinski definition) is 0. The zero-order chi connectivity index (χ0) is 18.0. The predicted molar refractivity (Wildman–Crippen MR) is 104 cm³/mol. The molecule has 2 fully saturated rings. The van der Waals surface area contributed by atoms with Crippen molar-refractivity contribution in [3.8, 4) is 0 Å². The van der Waals surface area contributed by atoms with Crippen molar-refractivity contribution < 1.29 is 4.79 Å². The van der Waals surface area contributed by atoms with E-state index >= 15 is 0 Å². The monoisotopic (exact) mass is 330 g/mol. The molecule has 0 heterocycles. The lowest BCUT2D eigenvalue weighted by atomic mass is 9.47. The molecule has 0 unspecified atom stereocenters. The number of fused-ring (bicyclic) bond motifs is 1. The highest BCUT2D eigenvalue weighted by molar-refractivity contribution is 5.75. The third kappa shape index (κ3) is 4.21. The first-order valence-corrected chi connectivity index (χ1v) is 9.99. The normalized spacial score (nSPS) is 33.2. The molecule has 0 saturated heterocycles. The van der Waals surface area contributed by atoms with E-state index in [1.807, 2.05) is 0 Å². The largest absolute Gasteiger partial charge is 0.300 e. The summed E-state index contributed by atoms with van der Waals surface area (Å²) in [4.78, 5) is 11.1. The molecule has 0 spiro atoms. The van der Waals surface area contributed by atoms with Crippen molar-refractivity contribution in [2.45, 2.75) is 92.4 Å². The maximum Gasteiger partial charge on any atom is 0.130 e. The topological polar surface area (TPSA) is 17.1 Å². The second kappa shape index (κ2) is 7.58. The number of allylic oxidation sites excluding steroid dienone is 3. The highest BCUT2D eigenvalue weighted by Gasteiger charge is 2.52. The molecule has 0 radical (unpaired) electrons. The summed E-state index contributed by atoms with van der Waals surface area (Å²) in [6.45, 7) is 15.9. The van der Waals surface area contributed by atoms with Gasteiger partial charge >= 0.3 is 0 Å². The minimum atomic E-state index is 0.291. The van der Waals surface area contributed by atoms with Gasteiger partial charge in [0, 0.05) is 6.42 Å².